The fraction of sp³-hybridized carbons (Fsp3) is 0.400. The summed E-state index contributed by atoms with van der Waals surface area (Å²) >= 11 is -5.26. The number of aromatic nitrogens is 3. The molecule has 1 saturated heterocycles. The van der Waals surface area contributed by atoms with Crippen LogP contribution in [0, 0.1) is 0 Å². The highest BCUT2D eigenvalue weighted by molar-refractivity contribution is 8.20. The summed E-state index contributed by atoms with van der Waals surface area (Å²) in [5, 5.41) is 16.3. The van der Waals surface area contributed by atoms with Crippen molar-refractivity contribution in [1.82, 2.24) is 24.8 Å². The topological polar surface area (TPSA) is 126 Å². The molecule has 4 heterocycles. The van der Waals surface area contributed by atoms with Gasteiger partial charge in [-0.1, -0.05) is 0 Å². The van der Waals surface area contributed by atoms with Crippen molar-refractivity contribution in [3.63, 3.8) is 0 Å². The molecule has 2 aliphatic rings. The molecule has 3 atom stereocenters. The molecule has 0 amide bonds. The quantitative estimate of drug-likeness (QED) is 0.396. The number of rotatable bonds is 8. The van der Waals surface area contributed by atoms with Crippen molar-refractivity contribution in [2.75, 3.05) is 22.8 Å². The second-order valence-corrected chi connectivity index (χ2v) is 13.1. The Morgan fingerprint density at radius 2 is 1.85 bits per heavy atom. The van der Waals surface area contributed by atoms with E-state index < -0.39 is 32.3 Å². The first kappa shape index (κ1) is 28.5. The van der Waals surface area contributed by atoms with Gasteiger partial charge < -0.3 is 15.3 Å². The highest BCUT2D eigenvalue weighted by atomic mass is 32.3. The van der Waals surface area contributed by atoms with Gasteiger partial charge in [0.2, 0.25) is 27.2 Å². The summed E-state index contributed by atoms with van der Waals surface area (Å²) in [6.07, 6.45) is 4.61. The number of likely N-dealkylation sites (tertiary alicyclic amines) is 1. The molecule has 3 aromatic rings. The van der Waals surface area contributed by atoms with E-state index in [9.17, 15) is 25.2 Å². The Kier molecular flexibility index (Phi) is 7.94. The zero-order valence-electron chi connectivity index (χ0n) is 21.8. The maximum atomic E-state index is 13.3. The van der Waals surface area contributed by atoms with Gasteiger partial charge in [-0.05, 0) is 74.5 Å². The van der Waals surface area contributed by atoms with E-state index in [4.69, 9.17) is 0 Å². The Labute approximate surface area is 232 Å². The Balaban J connectivity index is 1.19. The highest BCUT2D eigenvalue weighted by Crippen LogP contribution is 2.60. The molecule has 2 aromatic heterocycles. The lowest BCUT2D eigenvalue weighted by Gasteiger charge is -2.47. The molecule has 15 heteroatoms. The number of sulfonamides is 1. The average molecular weight is 597 g/mol. The van der Waals surface area contributed by atoms with Gasteiger partial charge in [0.25, 0.3) is 0 Å². The van der Waals surface area contributed by atoms with Crippen LogP contribution in [0.1, 0.15) is 42.8 Å². The minimum Gasteiger partial charge on any atom is -0.837 e. The first-order valence-corrected chi connectivity index (χ1v) is 15.8. The van der Waals surface area contributed by atoms with Crippen LogP contribution in [0.3, 0.4) is 0 Å². The van der Waals surface area contributed by atoms with E-state index in [1.54, 1.807) is 12.3 Å². The normalized spacial score (nSPS) is 21.6. The average Bonchev–Trinajstić information content (AvgIpc) is 3.31. The van der Waals surface area contributed by atoms with Gasteiger partial charge in [0.15, 0.2) is 0 Å². The third kappa shape index (κ3) is 6.66. The molecule has 10 nitrogen and oxygen atoms in total. The number of anilines is 3. The molecule has 1 fully saturated rings. The fourth-order valence-corrected chi connectivity index (χ4v) is 6.14. The minimum absolute atomic E-state index is 0.00531. The Hall–Kier alpha value is -2.98. The van der Waals surface area contributed by atoms with Crippen LogP contribution in [0.15, 0.2) is 53.7 Å². The van der Waals surface area contributed by atoms with Crippen molar-refractivity contribution >= 4 is 38.7 Å². The van der Waals surface area contributed by atoms with Crippen LogP contribution in [0.5, 0.6) is 0 Å². The highest BCUT2D eigenvalue weighted by Gasteiger charge is 2.34. The van der Waals surface area contributed by atoms with Gasteiger partial charge >= 0.3 is 0 Å². The summed E-state index contributed by atoms with van der Waals surface area (Å²) in [4.78, 5) is 16.5. The first-order valence-electron chi connectivity index (χ1n) is 12.6. The van der Waals surface area contributed by atoms with Gasteiger partial charge in [-0.25, -0.2) is 23.4 Å². The number of nitrogens with zero attached hydrogens (tertiary/aromatic N) is 5. The van der Waals surface area contributed by atoms with Crippen LogP contribution >= 0.6 is 11.2 Å². The summed E-state index contributed by atoms with van der Waals surface area (Å²) in [6.45, 7) is 3.90. The molecular weight excluding hydrogens is 567 g/mol. The van der Waals surface area contributed by atoms with Crippen molar-refractivity contribution < 1.29 is 25.2 Å². The molecule has 5 rings (SSSR count). The predicted octanol–water partition coefficient (Wildman–Crippen LogP) is 4.03. The molecule has 40 heavy (non-hydrogen) atoms. The van der Waals surface area contributed by atoms with Crippen molar-refractivity contribution in [3.8, 4) is 0 Å². The molecule has 0 aliphatic carbocycles. The number of benzene rings is 1. The van der Waals surface area contributed by atoms with E-state index in [0.717, 1.165) is 42.5 Å². The summed E-state index contributed by atoms with van der Waals surface area (Å²) < 4.78 is 64.1. The number of fused-ring (bicyclic) bond motifs is 1. The van der Waals surface area contributed by atoms with Gasteiger partial charge in [0, 0.05) is 48.8 Å². The SMILES string of the molecule is C[C@@H]1C[C@@H](N2Cc3cnc(Nc4ccc(S(F)(F)F)cc4)nc3C2)CCN1C([O-])c1ccnc(NS(C)(=O)=O)c1. The number of pyridine rings is 1. The van der Waals surface area contributed by atoms with Crippen LogP contribution in [-0.2, 0) is 23.1 Å². The van der Waals surface area contributed by atoms with Crippen molar-refractivity contribution in [1.29, 1.82) is 0 Å². The molecule has 0 saturated carbocycles. The van der Waals surface area contributed by atoms with Crippen molar-refractivity contribution in [2.45, 2.75) is 56.1 Å². The predicted molar refractivity (Wildman–Crippen MR) is 145 cm³/mol. The van der Waals surface area contributed by atoms with Crippen LogP contribution in [0.4, 0.5) is 29.1 Å². The molecule has 0 spiro atoms. The molecule has 1 aromatic carbocycles. The summed E-state index contributed by atoms with van der Waals surface area (Å²) in [5.74, 6) is 0.444. The zero-order valence-corrected chi connectivity index (χ0v) is 23.4. The second kappa shape index (κ2) is 11.1. The third-order valence-electron chi connectivity index (χ3n) is 7.13. The van der Waals surface area contributed by atoms with E-state index in [1.807, 2.05) is 11.8 Å². The monoisotopic (exact) mass is 596 g/mol. The van der Waals surface area contributed by atoms with Gasteiger partial charge in [-0.3, -0.25) is 9.62 Å². The fourth-order valence-electron chi connectivity index (χ4n) is 5.20. The van der Waals surface area contributed by atoms with Crippen LogP contribution in [0.2, 0.25) is 0 Å². The van der Waals surface area contributed by atoms with Crippen molar-refractivity contribution in [3.05, 3.63) is 65.6 Å². The maximum Gasteiger partial charge on any atom is 0.237 e. The Morgan fingerprint density at radius 1 is 1.10 bits per heavy atom. The van der Waals surface area contributed by atoms with Gasteiger partial charge in [-0.15, -0.1) is 11.7 Å². The molecule has 2 aliphatic heterocycles. The molecule has 0 radical (unpaired) electrons. The molecule has 0 bridgehead atoms. The minimum atomic E-state index is -5.26. The summed E-state index contributed by atoms with van der Waals surface area (Å²) in [7, 11) is -3.50. The lowest BCUT2D eigenvalue weighted by atomic mass is 9.96. The smallest absolute Gasteiger partial charge is 0.237 e. The van der Waals surface area contributed by atoms with E-state index in [2.05, 4.69) is 29.9 Å². The van der Waals surface area contributed by atoms with E-state index >= 15 is 0 Å². The molecule has 216 valence electrons. The summed E-state index contributed by atoms with van der Waals surface area (Å²) in [5.41, 5.74) is 2.79. The number of hydrogen-bond donors (Lipinski definition) is 2. The third-order valence-corrected chi connectivity index (χ3v) is 8.52. The van der Waals surface area contributed by atoms with Crippen LogP contribution < -0.4 is 15.1 Å². The van der Waals surface area contributed by atoms with Crippen LogP contribution in [0.25, 0.3) is 0 Å². The standard InChI is InChI=1S/C25H29F3N7O3S2/c1-16-11-20(8-10-35(16)24(36)17-7-9-29-23(12-17)33-39(2,37)38)34-14-18-13-30-25(32-22(18)15-34)31-19-3-5-21(6-4-19)40(26,27)28/h3-7,9,12-13,16,20,24H,8,10-11,14-15H2,1-2H3,(H,29,33)(H,30,31,32)/q-1/t16-,20+,24?/m1/s1. The largest absolute Gasteiger partial charge is 0.837 e. The van der Waals surface area contributed by atoms with E-state index in [0.29, 0.717) is 36.8 Å². The Bertz CT molecular complexity index is 1480. The zero-order chi connectivity index (χ0) is 28.7. The lowest BCUT2D eigenvalue weighted by Crippen LogP contribution is -2.51. The number of nitrogens with one attached hydrogen (secondary N) is 2. The number of hydrogen-bond acceptors (Lipinski definition) is 9. The molecule has 2 N–H and O–H groups in total. The van der Waals surface area contributed by atoms with Gasteiger partial charge in [-0.2, -0.15) is 0 Å². The second-order valence-electron chi connectivity index (χ2n) is 10.1. The van der Waals surface area contributed by atoms with E-state index in [-0.39, 0.29) is 17.9 Å². The Morgan fingerprint density at radius 3 is 2.52 bits per heavy atom. The maximum absolute atomic E-state index is 13.3. The van der Waals surface area contributed by atoms with Gasteiger partial charge in [0.05, 0.1) is 16.8 Å². The van der Waals surface area contributed by atoms with Crippen molar-refractivity contribution in [2.24, 2.45) is 0 Å². The number of halogens is 3. The lowest BCUT2D eigenvalue weighted by molar-refractivity contribution is -0.470. The molecule has 1 unspecified atom stereocenters. The summed E-state index contributed by atoms with van der Waals surface area (Å²) in [6, 6.07) is 8.15. The molecular formula is C25H29F3N7O3S2-. The van der Waals surface area contributed by atoms with Crippen LogP contribution in [-0.4, -0.2) is 58.1 Å². The first-order chi connectivity index (χ1) is 18.9. The van der Waals surface area contributed by atoms with E-state index in [1.165, 1.54) is 24.4 Å². The van der Waals surface area contributed by atoms with Gasteiger partial charge in [0.1, 0.15) is 5.82 Å². The number of piperidine rings is 1.